The van der Waals surface area contributed by atoms with E-state index >= 15 is 0 Å². The van der Waals surface area contributed by atoms with E-state index in [1.165, 1.54) is 24.3 Å². The molecule has 0 spiro atoms. The van der Waals surface area contributed by atoms with Gasteiger partial charge in [-0.3, -0.25) is 4.79 Å². The number of para-hydroxylation sites is 2. The number of nitrogens with one attached hydrogen (secondary N) is 1. The Bertz CT molecular complexity index is 904. The van der Waals surface area contributed by atoms with Crippen molar-refractivity contribution in [2.45, 2.75) is 43.5 Å². The van der Waals surface area contributed by atoms with E-state index in [1.54, 1.807) is 31.2 Å². The Labute approximate surface area is 159 Å². The van der Waals surface area contributed by atoms with Crippen molar-refractivity contribution in [3.05, 3.63) is 54.1 Å². The monoisotopic (exact) mass is 389 g/mol. The van der Waals surface area contributed by atoms with E-state index in [-0.39, 0.29) is 22.6 Å². The predicted molar refractivity (Wildman–Crippen MR) is 102 cm³/mol. The molecule has 2 aromatic carbocycles. The zero-order chi connectivity index (χ0) is 19.3. The maximum Gasteiger partial charge on any atom is 0.339 e. The molecule has 3 rings (SSSR count). The van der Waals surface area contributed by atoms with Gasteiger partial charge in [0.15, 0.2) is 11.5 Å². The summed E-state index contributed by atoms with van der Waals surface area (Å²) in [5.41, 5.74) is 0.296. The molecule has 1 N–H and O–H groups in total. The topological polar surface area (TPSA) is 81.7 Å². The van der Waals surface area contributed by atoms with Crippen LogP contribution in [-0.2, 0) is 10.1 Å². The van der Waals surface area contributed by atoms with Gasteiger partial charge in [-0.2, -0.15) is 8.42 Å². The number of carbonyl (C=O) groups is 1. The molecule has 0 atom stereocenters. The minimum atomic E-state index is -4.10. The summed E-state index contributed by atoms with van der Waals surface area (Å²) < 4.78 is 36.0. The molecule has 1 amide bonds. The first kappa shape index (κ1) is 19.2. The summed E-state index contributed by atoms with van der Waals surface area (Å²) in [5, 5.41) is 2.95. The molecular formula is C20H23NO5S. The van der Waals surface area contributed by atoms with Gasteiger partial charge < -0.3 is 14.2 Å². The van der Waals surface area contributed by atoms with Gasteiger partial charge in [0.05, 0.1) is 6.61 Å². The molecule has 6 nitrogen and oxygen atoms in total. The number of amides is 1. The van der Waals surface area contributed by atoms with Crippen molar-refractivity contribution < 1.29 is 22.1 Å². The summed E-state index contributed by atoms with van der Waals surface area (Å²) in [7, 11) is -4.10. The van der Waals surface area contributed by atoms with Crippen LogP contribution in [0.25, 0.3) is 0 Å². The second-order valence-electron chi connectivity index (χ2n) is 6.40. The first-order chi connectivity index (χ1) is 13.0. The van der Waals surface area contributed by atoms with Crippen LogP contribution in [0.5, 0.6) is 11.5 Å². The van der Waals surface area contributed by atoms with Gasteiger partial charge in [-0.1, -0.05) is 31.0 Å². The summed E-state index contributed by atoms with van der Waals surface area (Å²) in [6.07, 6.45) is 4.13. The number of carbonyl (C=O) groups excluding carboxylic acids is 1. The summed E-state index contributed by atoms with van der Waals surface area (Å²) >= 11 is 0. The maximum absolute atomic E-state index is 12.7. The molecule has 0 radical (unpaired) electrons. The zero-order valence-corrected chi connectivity index (χ0v) is 16.0. The van der Waals surface area contributed by atoms with Crippen molar-refractivity contribution in [2.75, 3.05) is 6.61 Å². The standard InChI is InChI=1S/C20H23NO5S/c1-2-25-18-12-5-6-13-19(18)26-27(23,24)17-11-7-8-15(14-17)20(22)21-16-9-3-4-10-16/h5-8,11-14,16H,2-4,9-10H2,1H3,(H,21,22). The fourth-order valence-corrected chi connectivity index (χ4v) is 4.08. The highest BCUT2D eigenvalue weighted by Gasteiger charge is 2.22. The molecule has 1 aliphatic carbocycles. The summed E-state index contributed by atoms with van der Waals surface area (Å²) in [6, 6.07) is 12.6. The number of hydrogen-bond acceptors (Lipinski definition) is 5. The molecule has 1 fully saturated rings. The fourth-order valence-electron chi connectivity index (χ4n) is 3.09. The largest absolute Gasteiger partial charge is 0.490 e. The molecule has 0 bridgehead atoms. The fraction of sp³-hybridized carbons (Fsp3) is 0.350. The lowest BCUT2D eigenvalue weighted by atomic mass is 10.2. The van der Waals surface area contributed by atoms with Gasteiger partial charge in [-0.05, 0) is 50.1 Å². The normalized spacial score (nSPS) is 14.7. The van der Waals surface area contributed by atoms with Crippen LogP contribution in [-0.4, -0.2) is 27.0 Å². The quantitative estimate of drug-likeness (QED) is 0.733. The molecule has 144 valence electrons. The first-order valence-corrected chi connectivity index (χ1v) is 10.5. The summed E-state index contributed by atoms with van der Waals surface area (Å²) in [5.74, 6) is 0.188. The van der Waals surface area contributed by atoms with E-state index in [1.807, 2.05) is 0 Å². The lowest BCUT2D eigenvalue weighted by Crippen LogP contribution is -2.32. The Kier molecular flexibility index (Phi) is 6.01. The minimum absolute atomic E-state index is 0.0760. The number of hydrogen-bond donors (Lipinski definition) is 1. The third-order valence-corrected chi connectivity index (χ3v) is 5.65. The van der Waals surface area contributed by atoms with Crippen molar-refractivity contribution in [2.24, 2.45) is 0 Å². The Balaban J connectivity index is 1.80. The van der Waals surface area contributed by atoms with Gasteiger partial charge in [0, 0.05) is 11.6 Å². The lowest BCUT2D eigenvalue weighted by molar-refractivity contribution is 0.0937. The lowest BCUT2D eigenvalue weighted by Gasteiger charge is -2.13. The molecule has 1 saturated carbocycles. The molecule has 1 aliphatic rings. The predicted octanol–water partition coefficient (Wildman–Crippen LogP) is 3.53. The van der Waals surface area contributed by atoms with Gasteiger partial charge in [-0.25, -0.2) is 0 Å². The summed E-state index contributed by atoms with van der Waals surface area (Å²) in [4.78, 5) is 12.3. The van der Waals surface area contributed by atoms with Gasteiger partial charge >= 0.3 is 10.1 Å². The third-order valence-electron chi connectivity index (χ3n) is 4.42. The van der Waals surface area contributed by atoms with Crippen molar-refractivity contribution >= 4 is 16.0 Å². The van der Waals surface area contributed by atoms with Crippen molar-refractivity contribution in [3.63, 3.8) is 0 Å². The minimum Gasteiger partial charge on any atom is -0.490 e. The van der Waals surface area contributed by atoms with Crippen LogP contribution in [0.15, 0.2) is 53.4 Å². The Morgan fingerprint density at radius 1 is 1.07 bits per heavy atom. The zero-order valence-electron chi connectivity index (χ0n) is 15.2. The maximum atomic E-state index is 12.7. The van der Waals surface area contributed by atoms with Crippen LogP contribution in [0.2, 0.25) is 0 Å². The molecule has 0 saturated heterocycles. The smallest absolute Gasteiger partial charge is 0.339 e. The SMILES string of the molecule is CCOc1ccccc1OS(=O)(=O)c1cccc(C(=O)NC2CCCC2)c1. The van der Waals surface area contributed by atoms with Crippen molar-refractivity contribution in [1.29, 1.82) is 0 Å². The van der Waals surface area contributed by atoms with Gasteiger partial charge in [0.25, 0.3) is 5.91 Å². The highest BCUT2D eigenvalue weighted by atomic mass is 32.2. The van der Waals surface area contributed by atoms with E-state index in [9.17, 15) is 13.2 Å². The van der Waals surface area contributed by atoms with Crippen LogP contribution >= 0.6 is 0 Å². The molecule has 2 aromatic rings. The Morgan fingerprint density at radius 3 is 2.48 bits per heavy atom. The second kappa shape index (κ2) is 8.43. The van der Waals surface area contributed by atoms with Crippen LogP contribution < -0.4 is 14.2 Å². The van der Waals surface area contributed by atoms with Gasteiger partial charge in [0.2, 0.25) is 0 Å². The molecule has 0 aromatic heterocycles. The Morgan fingerprint density at radius 2 is 1.78 bits per heavy atom. The average Bonchev–Trinajstić information content (AvgIpc) is 3.16. The molecule has 0 aliphatic heterocycles. The van der Waals surface area contributed by atoms with E-state index in [2.05, 4.69) is 5.32 Å². The molecule has 0 heterocycles. The number of rotatable bonds is 7. The highest BCUT2D eigenvalue weighted by Crippen LogP contribution is 2.29. The van der Waals surface area contributed by atoms with Crippen LogP contribution in [0, 0.1) is 0 Å². The molecule has 27 heavy (non-hydrogen) atoms. The van der Waals surface area contributed by atoms with Crippen molar-refractivity contribution in [3.8, 4) is 11.5 Å². The van der Waals surface area contributed by atoms with E-state index in [0.29, 0.717) is 17.9 Å². The van der Waals surface area contributed by atoms with E-state index in [4.69, 9.17) is 8.92 Å². The number of benzene rings is 2. The molecular weight excluding hydrogens is 366 g/mol. The number of ether oxygens (including phenoxy) is 1. The van der Waals surface area contributed by atoms with Crippen LogP contribution in [0.3, 0.4) is 0 Å². The molecule has 0 unspecified atom stereocenters. The van der Waals surface area contributed by atoms with Gasteiger partial charge in [-0.15, -0.1) is 0 Å². The average molecular weight is 389 g/mol. The van der Waals surface area contributed by atoms with E-state index < -0.39 is 10.1 Å². The Hall–Kier alpha value is -2.54. The highest BCUT2D eigenvalue weighted by molar-refractivity contribution is 7.87. The first-order valence-electron chi connectivity index (χ1n) is 9.07. The van der Waals surface area contributed by atoms with Crippen LogP contribution in [0.1, 0.15) is 43.0 Å². The second-order valence-corrected chi connectivity index (χ2v) is 7.95. The van der Waals surface area contributed by atoms with Gasteiger partial charge in [0.1, 0.15) is 4.90 Å². The van der Waals surface area contributed by atoms with E-state index in [0.717, 1.165) is 25.7 Å². The van der Waals surface area contributed by atoms with Crippen LogP contribution in [0.4, 0.5) is 0 Å². The third kappa shape index (κ3) is 4.80. The summed E-state index contributed by atoms with van der Waals surface area (Å²) in [6.45, 7) is 2.19. The van der Waals surface area contributed by atoms with Crippen molar-refractivity contribution in [1.82, 2.24) is 5.32 Å². The molecule has 7 heteroatoms.